The summed E-state index contributed by atoms with van der Waals surface area (Å²) in [6.45, 7) is 6.89. The molecule has 2 unspecified atom stereocenters. The largest absolute Gasteiger partial charge is 0.383 e. The molecule has 0 heterocycles. The van der Waals surface area contributed by atoms with E-state index in [9.17, 15) is 0 Å². The second-order valence-electron chi connectivity index (χ2n) is 5.38. The molecule has 0 spiro atoms. The van der Waals surface area contributed by atoms with E-state index in [1.54, 1.807) is 7.11 Å². The minimum absolute atomic E-state index is 0.0964. The van der Waals surface area contributed by atoms with Crippen LogP contribution in [0.4, 0.5) is 0 Å². The highest BCUT2D eigenvalue weighted by atomic mass is 28.3. The van der Waals surface area contributed by atoms with Crippen molar-refractivity contribution in [3.63, 3.8) is 0 Å². The van der Waals surface area contributed by atoms with E-state index in [0.29, 0.717) is 0 Å². The molecule has 0 amide bonds. The van der Waals surface area contributed by atoms with E-state index in [1.807, 2.05) is 6.07 Å². The van der Waals surface area contributed by atoms with Crippen molar-refractivity contribution in [2.45, 2.75) is 37.8 Å². The molecule has 0 aliphatic rings. The van der Waals surface area contributed by atoms with Crippen LogP contribution in [0.15, 0.2) is 30.3 Å². The number of ether oxygens (including phenoxy) is 1. The molecular formula is C13H23NOSi. The van der Waals surface area contributed by atoms with Crippen molar-refractivity contribution < 1.29 is 4.74 Å². The van der Waals surface area contributed by atoms with Crippen molar-refractivity contribution in [1.82, 2.24) is 0 Å². The van der Waals surface area contributed by atoms with E-state index < -0.39 is 8.07 Å². The Kier molecular flexibility index (Phi) is 4.71. The molecule has 2 atom stereocenters. The average molecular weight is 237 g/mol. The first-order chi connectivity index (χ1) is 7.45. The van der Waals surface area contributed by atoms with Crippen molar-refractivity contribution >= 4 is 8.07 Å². The summed E-state index contributed by atoms with van der Waals surface area (Å²) in [5, 5.41) is 0. The Hall–Kier alpha value is -0.643. The van der Waals surface area contributed by atoms with Gasteiger partial charge < -0.3 is 10.5 Å². The molecule has 2 nitrogen and oxygen atoms in total. The predicted octanol–water partition coefficient (Wildman–Crippen LogP) is 2.45. The summed E-state index contributed by atoms with van der Waals surface area (Å²) < 4.78 is 5.59. The Morgan fingerprint density at radius 2 is 1.75 bits per heavy atom. The van der Waals surface area contributed by atoms with Crippen LogP contribution in [0.2, 0.25) is 19.6 Å². The molecule has 0 aliphatic carbocycles. The first-order valence-electron chi connectivity index (χ1n) is 5.77. The Morgan fingerprint density at radius 3 is 2.19 bits per heavy atom. The van der Waals surface area contributed by atoms with Crippen molar-refractivity contribution in [1.29, 1.82) is 0 Å². The van der Waals surface area contributed by atoms with Gasteiger partial charge >= 0.3 is 0 Å². The van der Waals surface area contributed by atoms with Gasteiger partial charge in [0, 0.05) is 13.2 Å². The van der Waals surface area contributed by atoms with Gasteiger partial charge in [-0.25, -0.2) is 0 Å². The van der Waals surface area contributed by atoms with Gasteiger partial charge in [0.2, 0.25) is 0 Å². The summed E-state index contributed by atoms with van der Waals surface area (Å²) in [6, 6.07) is 10.5. The molecular weight excluding hydrogens is 214 g/mol. The fraction of sp³-hybridized carbons (Fsp3) is 0.538. The highest BCUT2D eigenvalue weighted by molar-refractivity contribution is 6.77. The van der Waals surface area contributed by atoms with Crippen LogP contribution in [-0.2, 0) is 11.2 Å². The van der Waals surface area contributed by atoms with Crippen molar-refractivity contribution in [3.05, 3.63) is 35.9 Å². The van der Waals surface area contributed by atoms with Gasteiger partial charge in [-0.3, -0.25) is 0 Å². The van der Waals surface area contributed by atoms with Crippen LogP contribution >= 0.6 is 0 Å². The number of rotatable bonds is 5. The third-order valence-electron chi connectivity index (χ3n) is 2.81. The van der Waals surface area contributed by atoms with Gasteiger partial charge in [0.1, 0.15) is 0 Å². The molecule has 0 aromatic heterocycles. The van der Waals surface area contributed by atoms with Crippen molar-refractivity contribution in [3.8, 4) is 0 Å². The van der Waals surface area contributed by atoms with Crippen LogP contribution in [-0.4, -0.2) is 27.0 Å². The zero-order chi connectivity index (χ0) is 12.2. The first kappa shape index (κ1) is 13.4. The van der Waals surface area contributed by atoms with Gasteiger partial charge in [0.25, 0.3) is 0 Å². The van der Waals surface area contributed by atoms with Crippen LogP contribution in [0.3, 0.4) is 0 Å². The Bertz CT molecular complexity index is 307. The number of hydrogen-bond donors (Lipinski definition) is 1. The lowest BCUT2D eigenvalue weighted by molar-refractivity contribution is 0.135. The van der Waals surface area contributed by atoms with Crippen LogP contribution in [0.25, 0.3) is 0 Å². The summed E-state index contributed by atoms with van der Waals surface area (Å²) in [4.78, 5) is 0. The minimum atomic E-state index is -1.35. The van der Waals surface area contributed by atoms with Gasteiger partial charge in [0.15, 0.2) is 0 Å². The van der Waals surface area contributed by atoms with Crippen LogP contribution in [0.1, 0.15) is 5.56 Å². The van der Waals surface area contributed by atoms with Gasteiger partial charge in [-0.2, -0.15) is 0 Å². The Balaban J connectivity index is 2.67. The molecule has 0 fully saturated rings. The van der Waals surface area contributed by atoms with Gasteiger partial charge in [0.05, 0.1) is 13.8 Å². The van der Waals surface area contributed by atoms with Gasteiger partial charge in [-0.05, 0) is 12.0 Å². The fourth-order valence-electron chi connectivity index (χ4n) is 2.16. The number of benzene rings is 1. The maximum absolute atomic E-state index is 6.26. The zero-order valence-electron chi connectivity index (χ0n) is 10.7. The standard InChI is InChI=1S/C13H23NOSi/c1-15-13(16(2,3)4)12(14)10-11-8-6-5-7-9-11/h5-9,12-13H,10,14H2,1-4H3. The first-order valence-corrected chi connectivity index (χ1v) is 9.35. The maximum Gasteiger partial charge on any atom is 0.0805 e. The maximum atomic E-state index is 6.26. The normalized spacial score (nSPS) is 15.8. The van der Waals surface area contributed by atoms with Crippen LogP contribution < -0.4 is 5.73 Å². The molecule has 2 N–H and O–H groups in total. The lowest BCUT2D eigenvalue weighted by Gasteiger charge is -2.32. The van der Waals surface area contributed by atoms with E-state index in [1.165, 1.54) is 5.56 Å². The second-order valence-corrected chi connectivity index (χ2v) is 10.7. The molecule has 0 saturated carbocycles. The lowest BCUT2D eigenvalue weighted by Crippen LogP contribution is -2.52. The summed E-state index contributed by atoms with van der Waals surface area (Å²) in [5.74, 6) is 0. The molecule has 0 aliphatic heterocycles. The average Bonchev–Trinajstić information content (AvgIpc) is 2.17. The van der Waals surface area contributed by atoms with E-state index in [-0.39, 0.29) is 11.8 Å². The molecule has 90 valence electrons. The van der Waals surface area contributed by atoms with Gasteiger partial charge in [-0.1, -0.05) is 50.0 Å². The minimum Gasteiger partial charge on any atom is -0.383 e. The Labute approximate surface area is 99.8 Å². The quantitative estimate of drug-likeness (QED) is 0.798. The molecule has 3 heteroatoms. The lowest BCUT2D eigenvalue weighted by atomic mass is 10.1. The molecule has 1 aromatic carbocycles. The molecule has 1 aromatic rings. The summed E-state index contributed by atoms with van der Waals surface area (Å²) in [6.07, 6.45) is 0.892. The molecule has 0 radical (unpaired) electrons. The topological polar surface area (TPSA) is 35.2 Å². The smallest absolute Gasteiger partial charge is 0.0805 e. The number of methoxy groups -OCH3 is 1. The van der Waals surface area contributed by atoms with E-state index in [0.717, 1.165) is 6.42 Å². The van der Waals surface area contributed by atoms with Crippen LogP contribution in [0, 0.1) is 0 Å². The highest BCUT2D eigenvalue weighted by Crippen LogP contribution is 2.16. The third kappa shape index (κ3) is 3.74. The van der Waals surface area contributed by atoms with Gasteiger partial charge in [-0.15, -0.1) is 0 Å². The van der Waals surface area contributed by atoms with E-state index >= 15 is 0 Å². The predicted molar refractivity (Wildman–Crippen MR) is 72.3 cm³/mol. The summed E-state index contributed by atoms with van der Waals surface area (Å²) in [7, 11) is 0.421. The number of nitrogens with two attached hydrogens (primary N) is 1. The SMILES string of the molecule is COC(C(N)Cc1ccccc1)[Si](C)(C)C. The van der Waals surface area contributed by atoms with Crippen molar-refractivity contribution in [2.24, 2.45) is 5.73 Å². The zero-order valence-corrected chi connectivity index (χ0v) is 11.7. The summed E-state index contributed by atoms with van der Waals surface area (Å²) >= 11 is 0. The fourth-order valence-corrected chi connectivity index (χ4v) is 4.27. The van der Waals surface area contributed by atoms with E-state index in [4.69, 9.17) is 10.5 Å². The summed E-state index contributed by atoms with van der Waals surface area (Å²) in [5.41, 5.74) is 7.76. The highest BCUT2D eigenvalue weighted by Gasteiger charge is 2.31. The molecule has 0 saturated heterocycles. The molecule has 16 heavy (non-hydrogen) atoms. The van der Waals surface area contributed by atoms with Crippen molar-refractivity contribution in [2.75, 3.05) is 7.11 Å². The monoisotopic (exact) mass is 237 g/mol. The molecule has 0 bridgehead atoms. The Morgan fingerprint density at radius 1 is 1.19 bits per heavy atom. The molecule has 1 rings (SSSR count). The van der Waals surface area contributed by atoms with Crippen LogP contribution in [0.5, 0.6) is 0 Å². The van der Waals surface area contributed by atoms with E-state index in [2.05, 4.69) is 43.9 Å². The second kappa shape index (κ2) is 5.62. The number of hydrogen-bond acceptors (Lipinski definition) is 2. The third-order valence-corrected chi connectivity index (χ3v) is 5.18.